The zero-order valence-corrected chi connectivity index (χ0v) is 14.8. The summed E-state index contributed by atoms with van der Waals surface area (Å²) in [6.45, 7) is 1.77. The summed E-state index contributed by atoms with van der Waals surface area (Å²) in [7, 11) is -3.63. The van der Waals surface area contributed by atoms with Crippen LogP contribution in [-0.4, -0.2) is 13.4 Å². The van der Waals surface area contributed by atoms with E-state index in [4.69, 9.17) is 5.73 Å². The van der Waals surface area contributed by atoms with E-state index < -0.39 is 10.0 Å². The monoisotopic (exact) mass is 403 g/mol. The molecule has 0 unspecified atom stereocenters. The molecule has 0 bridgehead atoms. The third-order valence-corrected chi connectivity index (χ3v) is 6.98. The molecule has 21 heavy (non-hydrogen) atoms. The molecular weight excluding hydrogens is 394 g/mol. The van der Waals surface area contributed by atoms with Crippen molar-refractivity contribution in [2.24, 2.45) is 0 Å². The average molecular weight is 404 g/mol. The van der Waals surface area contributed by atoms with E-state index in [9.17, 15) is 8.42 Å². The molecule has 3 aromatic rings. The van der Waals surface area contributed by atoms with E-state index in [1.165, 1.54) is 22.7 Å². The van der Waals surface area contributed by atoms with Gasteiger partial charge >= 0.3 is 0 Å². The fourth-order valence-corrected chi connectivity index (χ4v) is 6.42. The molecule has 0 amide bonds. The minimum absolute atomic E-state index is 0.262. The maximum atomic E-state index is 12.4. The lowest BCUT2D eigenvalue weighted by molar-refractivity contribution is 0.601. The number of nitrogens with zero attached hydrogens (tertiary/aromatic N) is 1. The van der Waals surface area contributed by atoms with E-state index >= 15 is 0 Å². The van der Waals surface area contributed by atoms with Gasteiger partial charge in [0.1, 0.15) is 4.90 Å². The number of rotatable bonds is 3. The molecule has 2 aromatic heterocycles. The second kappa shape index (κ2) is 5.24. The highest BCUT2D eigenvalue weighted by atomic mass is 79.9. The largest absolute Gasteiger partial charge is 0.399 e. The Hall–Kier alpha value is -1.16. The van der Waals surface area contributed by atoms with Gasteiger partial charge in [-0.1, -0.05) is 11.3 Å². The van der Waals surface area contributed by atoms with Crippen LogP contribution in [0.5, 0.6) is 0 Å². The first-order valence-electron chi connectivity index (χ1n) is 5.80. The van der Waals surface area contributed by atoms with E-state index in [0.29, 0.717) is 10.8 Å². The first-order valence-corrected chi connectivity index (χ1v) is 9.71. The molecule has 0 saturated heterocycles. The summed E-state index contributed by atoms with van der Waals surface area (Å²) in [4.78, 5) is 5.25. The molecule has 0 aliphatic rings. The van der Waals surface area contributed by atoms with Crippen molar-refractivity contribution in [3.63, 3.8) is 0 Å². The number of thiophene rings is 1. The Bertz CT molecular complexity index is 931. The van der Waals surface area contributed by atoms with Gasteiger partial charge in [-0.2, -0.15) is 0 Å². The molecule has 1 aromatic carbocycles. The van der Waals surface area contributed by atoms with Gasteiger partial charge in [0.25, 0.3) is 10.0 Å². The zero-order chi connectivity index (χ0) is 15.2. The lowest BCUT2D eigenvalue weighted by Gasteiger charge is -2.03. The van der Waals surface area contributed by atoms with E-state index in [1.807, 2.05) is 0 Å². The number of nitrogens with one attached hydrogen (secondary N) is 1. The third kappa shape index (κ3) is 2.91. The number of halogens is 1. The van der Waals surface area contributed by atoms with Crippen LogP contribution in [0, 0.1) is 6.92 Å². The Morgan fingerprint density at radius 3 is 2.71 bits per heavy atom. The Labute approximate surface area is 138 Å². The smallest absolute Gasteiger partial charge is 0.264 e. The third-order valence-electron chi connectivity index (χ3n) is 2.77. The number of hydrogen-bond donors (Lipinski definition) is 2. The highest BCUT2D eigenvalue weighted by Gasteiger charge is 2.21. The second-order valence-corrected chi connectivity index (χ2v) is 9.64. The van der Waals surface area contributed by atoms with Crippen LogP contribution in [0.3, 0.4) is 0 Å². The van der Waals surface area contributed by atoms with Crippen LogP contribution in [0.1, 0.15) is 4.88 Å². The highest BCUT2D eigenvalue weighted by Crippen LogP contribution is 2.33. The molecule has 0 aliphatic heterocycles. The number of aryl methyl sites for hydroxylation is 1. The number of nitrogens with two attached hydrogens (primary N) is 1. The van der Waals surface area contributed by atoms with Crippen molar-refractivity contribution < 1.29 is 8.42 Å². The lowest BCUT2D eigenvalue weighted by atomic mass is 10.3. The predicted octanol–water partition coefficient (Wildman–Crippen LogP) is 3.81. The second-order valence-electron chi connectivity index (χ2n) is 4.32. The molecule has 0 saturated carbocycles. The van der Waals surface area contributed by atoms with Crippen LogP contribution in [0.15, 0.2) is 32.9 Å². The van der Waals surface area contributed by atoms with Crippen molar-refractivity contribution >= 4 is 69.7 Å². The number of fused-ring (bicyclic) bond motifs is 1. The fraction of sp³-hybridized carbons (Fsp3) is 0.0833. The van der Waals surface area contributed by atoms with Gasteiger partial charge in [-0.3, -0.25) is 4.72 Å². The number of sulfonamides is 1. The van der Waals surface area contributed by atoms with E-state index in [0.717, 1.165) is 18.9 Å². The van der Waals surface area contributed by atoms with Crippen molar-refractivity contribution in [1.29, 1.82) is 0 Å². The SMILES string of the molecule is Cc1sc(Br)cc1S(=O)(=O)Nc1nc2ccc(N)cc2s1. The van der Waals surface area contributed by atoms with Crippen LogP contribution in [0.2, 0.25) is 0 Å². The number of thiazole rings is 1. The molecule has 0 spiro atoms. The van der Waals surface area contributed by atoms with Gasteiger partial charge in [0.2, 0.25) is 0 Å². The molecule has 9 heteroatoms. The number of nitrogen functional groups attached to an aromatic ring is 1. The first kappa shape index (κ1) is 14.8. The Morgan fingerprint density at radius 2 is 2.05 bits per heavy atom. The van der Waals surface area contributed by atoms with Gasteiger partial charge in [-0.05, 0) is 47.1 Å². The molecule has 5 nitrogen and oxygen atoms in total. The van der Waals surface area contributed by atoms with Crippen molar-refractivity contribution in [3.8, 4) is 0 Å². The lowest BCUT2D eigenvalue weighted by Crippen LogP contribution is -2.12. The van der Waals surface area contributed by atoms with Gasteiger partial charge < -0.3 is 5.73 Å². The van der Waals surface area contributed by atoms with Gasteiger partial charge in [0.15, 0.2) is 5.13 Å². The topological polar surface area (TPSA) is 85.1 Å². The summed E-state index contributed by atoms with van der Waals surface area (Å²) < 4.78 is 28.9. The number of hydrogen-bond acceptors (Lipinski definition) is 6. The van der Waals surface area contributed by atoms with Gasteiger partial charge in [-0.25, -0.2) is 13.4 Å². The highest BCUT2D eigenvalue weighted by molar-refractivity contribution is 9.11. The maximum Gasteiger partial charge on any atom is 0.264 e. The summed E-state index contributed by atoms with van der Waals surface area (Å²) in [5, 5.41) is 0.331. The average Bonchev–Trinajstić information content (AvgIpc) is 2.91. The van der Waals surface area contributed by atoms with E-state index in [-0.39, 0.29) is 4.90 Å². The van der Waals surface area contributed by atoms with Crippen molar-refractivity contribution in [3.05, 3.63) is 32.9 Å². The Morgan fingerprint density at radius 1 is 1.29 bits per heavy atom. The minimum atomic E-state index is -3.63. The molecular formula is C12H10BrN3O2S3. The predicted molar refractivity (Wildman–Crippen MR) is 91.6 cm³/mol. The molecule has 2 heterocycles. The van der Waals surface area contributed by atoms with Crippen LogP contribution in [0.4, 0.5) is 10.8 Å². The molecule has 0 atom stereocenters. The zero-order valence-electron chi connectivity index (χ0n) is 10.8. The van der Waals surface area contributed by atoms with Crippen molar-refractivity contribution in [2.45, 2.75) is 11.8 Å². The summed E-state index contributed by atoms with van der Waals surface area (Å²) in [5.74, 6) is 0. The molecule has 3 rings (SSSR count). The number of aromatic nitrogens is 1. The van der Waals surface area contributed by atoms with Crippen molar-refractivity contribution in [1.82, 2.24) is 4.98 Å². The molecule has 110 valence electrons. The van der Waals surface area contributed by atoms with Crippen LogP contribution >= 0.6 is 38.6 Å². The number of benzene rings is 1. The fourth-order valence-electron chi connectivity index (χ4n) is 1.85. The maximum absolute atomic E-state index is 12.4. The minimum Gasteiger partial charge on any atom is -0.399 e. The van der Waals surface area contributed by atoms with E-state index in [1.54, 1.807) is 31.2 Å². The number of anilines is 2. The summed E-state index contributed by atoms with van der Waals surface area (Å²) in [5.41, 5.74) is 7.05. The normalized spacial score (nSPS) is 11.9. The molecule has 0 aliphatic carbocycles. The van der Waals surface area contributed by atoms with Gasteiger partial charge in [0.05, 0.1) is 14.0 Å². The Kier molecular flexibility index (Phi) is 3.68. The van der Waals surface area contributed by atoms with Crippen LogP contribution < -0.4 is 10.5 Å². The summed E-state index contributed by atoms with van der Waals surface area (Å²) in [6.07, 6.45) is 0. The standard InChI is InChI=1S/C12H10BrN3O2S3/c1-6-10(5-11(13)19-6)21(17,18)16-12-15-8-3-2-7(14)4-9(8)20-12/h2-5H,14H2,1H3,(H,15,16). The molecule has 3 N–H and O–H groups in total. The first-order chi connectivity index (χ1) is 9.85. The Balaban J connectivity index is 1.99. The summed E-state index contributed by atoms with van der Waals surface area (Å²) >= 11 is 5.93. The van der Waals surface area contributed by atoms with Gasteiger partial charge in [-0.15, -0.1) is 11.3 Å². The van der Waals surface area contributed by atoms with Crippen LogP contribution in [0.25, 0.3) is 10.2 Å². The van der Waals surface area contributed by atoms with Crippen LogP contribution in [-0.2, 0) is 10.0 Å². The molecule has 0 fully saturated rings. The van der Waals surface area contributed by atoms with Gasteiger partial charge in [0, 0.05) is 10.6 Å². The van der Waals surface area contributed by atoms with Crippen molar-refractivity contribution in [2.75, 3.05) is 10.5 Å². The quantitative estimate of drug-likeness (QED) is 0.650. The molecule has 0 radical (unpaired) electrons. The summed E-state index contributed by atoms with van der Waals surface area (Å²) in [6, 6.07) is 6.87. The van der Waals surface area contributed by atoms with E-state index in [2.05, 4.69) is 25.6 Å².